The van der Waals surface area contributed by atoms with E-state index in [0.29, 0.717) is 32.8 Å². The molecule has 0 saturated carbocycles. The molecule has 6 nitrogen and oxygen atoms in total. The van der Waals surface area contributed by atoms with Crippen molar-refractivity contribution < 1.29 is 9.53 Å². The molecule has 1 atom stereocenters. The molecule has 0 aliphatic carbocycles. The lowest BCUT2D eigenvalue weighted by Gasteiger charge is -2.35. The van der Waals surface area contributed by atoms with Gasteiger partial charge in [0.05, 0.1) is 13.2 Å². The van der Waals surface area contributed by atoms with Crippen molar-refractivity contribution in [3.8, 4) is 0 Å². The van der Waals surface area contributed by atoms with E-state index in [2.05, 4.69) is 10.3 Å². The second-order valence-corrected chi connectivity index (χ2v) is 4.80. The molecule has 1 aromatic rings. The van der Waals surface area contributed by atoms with E-state index in [4.69, 9.17) is 10.5 Å². The van der Waals surface area contributed by atoms with Crippen molar-refractivity contribution in [1.82, 2.24) is 10.3 Å². The number of morpholine rings is 1. The van der Waals surface area contributed by atoms with Crippen molar-refractivity contribution in [3.05, 3.63) is 23.9 Å². The number of aromatic nitrogens is 1. The molecule has 0 spiro atoms. The Morgan fingerprint density at radius 3 is 3.10 bits per heavy atom. The fourth-order valence-electron chi connectivity index (χ4n) is 2.17. The van der Waals surface area contributed by atoms with E-state index in [0.717, 1.165) is 17.8 Å². The molecule has 0 radical (unpaired) electrons. The van der Waals surface area contributed by atoms with Crippen LogP contribution in [0.15, 0.2) is 18.3 Å². The molecule has 1 saturated heterocycles. The van der Waals surface area contributed by atoms with Crippen molar-refractivity contribution >= 4 is 11.7 Å². The van der Waals surface area contributed by atoms with Gasteiger partial charge in [0.25, 0.3) is 0 Å². The first-order valence-electron chi connectivity index (χ1n) is 7.03. The van der Waals surface area contributed by atoms with Crippen molar-refractivity contribution in [2.45, 2.75) is 25.9 Å². The highest BCUT2D eigenvalue weighted by Crippen LogP contribution is 2.17. The first kappa shape index (κ1) is 14.7. The summed E-state index contributed by atoms with van der Waals surface area (Å²) < 4.78 is 5.43. The van der Waals surface area contributed by atoms with Crippen LogP contribution < -0.4 is 16.0 Å². The molecule has 0 bridgehead atoms. The maximum absolute atomic E-state index is 12.2. The summed E-state index contributed by atoms with van der Waals surface area (Å²) >= 11 is 0. The van der Waals surface area contributed by atoms with E-state index in [1.165, 1.54) is 0 Å². The number of nitrogens with two attached hydrogens (primary N) is 1. The third-order valence-corrected chi connectivity index (χ3v) is 3.32. The largest absolute Gasteiger partial charge is 0.377 e. The Morgan fingerprint density at radius 1 is 1.60 bits per heavy atom. The molecule has 2 heterocycles. The monoisotopic (exact) mass is 278 g/mol. The number of anilines is 1. The summed E-state index contributed by atoms with van der Waals surface area (Å²) in [6.45, 7) is 4.86. The molecule has 0 aromatic carbocycles. The average molecular weight is 278 g/mol. The lowest BCUT2D eigenvalue weighted by Crippen LogP contribution is -2.54. The second kappa shape index (κ2) is 7.21. The lowest BCUT2D eigenvalue weighted by atomic mass is 10.2. The van der Waals surface area contributed by atoms with Crippen molar-refractivity contribution in [1.29, 1.82) is 0 Å². The van der Waals surface area contributed by atoms with Gasteiger partial charge < -0.3 is 20.7 Å². The first-order chi connectivity index (χ1) is 9.76. The van der Waals surface area contributed by atoms with Crippen LogP contribution in [0.1, 0.15) is 18.9 Å². The summed E-state index contributed by atoms with van der Waals surface area (Å²) in [4.78, 5) is 18.6. The minimum Gasteiger partial charge on any atom is -0.377 e. The van der Waals surface area contributed by atoms with E-state index in [1.54, 1.807) is 6.20 Å². The van der Waals surface area contributed by atoms with Crippen LogP contribution in [0.2, 0.25) is 0 Å². The predicted octanol–water partition coefficient (Wildman–Crippen LogP) is 0.272. The average Bonchev–Trinajstić information content (AvgIpc) is 2.52. The molecule has 3 N–H and O–H groups in total. The maximum atomic E-state index is 12.2. The van der Waals surface area contributed by atoms with Gasteiger partial charge in [-0.05, 0) is 18.1 Å². The SMILES string of the molecule is CCCNC(=O)C1COCCN1c1ccc(CN)cn1. The van der Waals surface area contributed by atoms with Crippen LogP contribution >= 0.6 is 0 Å². The Bertz CT molecular complexity index is 435. The zero-order chi connectivity index (χ0) is 14.4. The number of nitrogens with zero attached hydrogens (tertiary/aromatic N) is 2. The second-order valence-electron chi connectivity index (χ2n) is 4.80. The van der Waals surface area contributed by atoms with Crippen molar-refractivity contribution in [2.75, 3.05) is 31.2 Å². The van der Waals surface area contributed by atoms with Crippen LogP contribution in [0.3, 0.4) is 0 Å². The van der Waals surface area contributed by atoms with E-state index in [-0.39, 0.29) is 11.9 Å². The molecule has 6 heteroatoms. The molecular formula is C14H22N4O2. The van der Waals surface area contributed by atoms with Crippen LogP contribution in [-0.4, -0.2) is 43.2 Å². The Balaban J connectivity index is 2.10. The number of amides is 1. The number of carbonyl (C=O) groups is 1. The smallest absolute Gasteiger partial charge is 0.245 e. The topological polar surface area (TPSA) is 80.5 Å². The van der Waals surface area contributed by atoms with Crippen molar-refractivity contribution in [2.24, 2.45) is 5.73 Å². The molecule has 1 aromatic heterocycles. The van der Waals surface area contributed by atoms with Crippen LogP contribution in [0.25, 0.3) is 0 Å². The van der Waals surface area contributed by atoms with Gasteiger partial charge in [-0.15, -0.1) is 0 Å². The molecule has 1 unspecified atom stereocenters. The van der Waals surface area contributed by atoms with Crippen LogP contribution in [0.5, 0.6) is 0 Å². The molecule has 20 heavy (non-hydrogen) atoms. The number of pyridine rings is 1. The van der Waals surface area contributed by atoms with Gasteiger partial charge in [-0.25, -0.2) is 4.98 Å². The third kappa shape index (κ3) is 3.46. The molecule has 1 aliphatic rings. The summed E-state index contributed by atoms with van der Waals surface area (Å²) in [5, 5.41) is 2.92. The number of rotatable bonds is 5. The van der Waals surface area contributed by atoms with Gasteiger partial charge in [-0.3, -0.25) is 4.79 Å². The highest BCUT2D eigenvalue weighted by atomic mass is 16.5. The number of hydrogen-bond acceptors (Lipinski definition) is 5. The number of carbonyl (C=O) groups excluding carboxylic acids is 1. The number of nitrogens with one attached hydrogen (secondary N) is 1. The summed E-state index contributed by atoms with van der Waals surface area (Å²) in [5.41, 5.74) is 6.55. The standard InChI is InChI=1S/C14H22N4O2/c1-2-5-16-14(19)12-10-20-7-6-18(12)13-4-3-11(8-15)9-17-13/h3-4,9,12H,2,5-8,10,15H2,1H3,(H,16,19). The highest BCUT2D eigenvalue weighted by Gasteiger charge is 2.30. The van der Waals surface area contributed by atoms with E-state index >= 15 is 0 Å². The molecule has 1 fully saturated rings. The van der Waals surface area contributed by atoms with Crippen LogP contribution in [-0.2, 0) is 16.1 Å². The summed E-state index contributed by atoms with van der Waals surface area (Å²) in [7, 11) is 0. The zero-order valence-electron chi connectivity index (χ0n) is 11.8. The van der Waals surface area contributed by atoms with Crippen LogP contribution in [0, 0.1) is 0 Å². The van der Waals surface area contributed by atoms with Crippen LogP contribution in [0.4, 0.5) is 5.82 Å². The summed E-state index contributed by atoms with van der Waals surface area (Å²) in [5.74, 6) is 0.790. The van der Waals surface area contributed by atoms with E-state index in [1.807, 2.05) is 24.0 Å². The van der Waals surface area contributed by atoms with E-state index < -0.39 is 0 Å². The molecule has 110 valence electrons. The van der Waals surface area contributed by atoms with Gasteiger partial charge in [-0.1, -0.05) is 13.0 Å². The minimum absolute atomic E-state index is 0.00347. The van der Waals surface area contributed by atoms with E-state index in [9.17, 15) is 4.79 Å². The van der Waals surface area contributed by atoms with Gasteiger partial charge in [0, 0.05) is 25.8 Å². The predicted molar refractivity (Wildman–Crippen MR) is 77.4 cm³/mol. The Morgan fingerprint density at radius 2 is 2.45 bits per heavy atom. The summed E-state index contributed by atoms with van der Waals surface area (Å²) in [6, 6.07) is 3.54. The Labute approximate surface area is 119 Å². The Kier molecular flexibility index (Phi) is 5.31. The molecule has 1 amide bonds. The quantitative estimate of drug-likeness (QED) is 0.808. The zero-order valence-corrected chi connectivity index (χ0v) is 11.8. The Hall–Kier alpha value is -1.66. The van der Waals surface area contributed by atoms with Gasteiger partial charge in [0.2, 0.25) is 5.91 Å². The van der Waals surface area contributed by atoms with Crippen molar-refractivity contribution in [3.63, 3.8) is 0 Å². The maximum Gasteiger partial charge on any atom is 0.245 e. The lowest BCUT2D eigenvalue weighted by molar-refractivity contribution is -0.124. The minimum atomic E-state index is -0.313. The molecule has 2 rings (SSSR count). The van der Waals surface area contributed by atoms with Gasteiger partial charge in [-0.2, -0.15) is 0 Å². The fourth-order valence-corrected chi connectivity index (χ4v) is 2.17. The molecular weight excluding hydrogens is 256 g/mol. The first-order valence-corrected chi connectivity index (χ1v) is 7.03. The third-order valence-electron chi connectivity index (χ3n) is 3.32. The van der Waals surface area contributed by atoms with Gasteiger partial charge >= 0.3 is 0 Å². The number of ether oxygens (including phenoxy) is 1. The summed E-state index contributed by atoms with van der Waals surface area (Å²) in [6.07, 6.45) is 2.68. The fraction of sp³-hybridized carbons (Fsp3) is 0.571. The highest BCUT2D eigenvalue weighted by molar-refractivity contribution is 5.85. The number of hydrogen-bond donors (Lipinski definition) is 2. The molecule has 1 aliphatic heterocycles. The van der Waals surface area contributed by atoms with Gasteiger partial charge in [0.1, 0.15) is 11.9 Å². The normalized spacial score (nSPS) is 18.9. The van der Waals surface area contributed by atoms with Gasteiger partial charge in [0.15, 0.2) is 0 Å².